The van der Waals surface area contributed by atoms with Gasteiger partial charge in [0.25, 0.3) is 11.8 Å². The Morgan fingerprint density at radius 2 is 1.73 bits per heavy atom. The molecule has 6 heteroatoms. The zero-order valence-electron chi connectivity index (χ0n) is 21.8. The van der Waals surface area contributed by atoms with E-state index in [4.69, 9.17) is 4.74 Å². The summed E-state index contributed by atoms with van der Waals surface area (Å²) in [4.78, 5) is 30.2. The number of aromatic nitrogens is 1. The second-order valence-corrected chi connectivity index (χ2v) is 10.8. The third-order valence-electron chi connectivity index (χ3n) is 8.22. The Balaban J connectivity index is 1.58. The fraction of sp³-hybridized carbons (Fsp3) is 0.419. The van der Waals surface area contributed by atoms with Gasteiger partial charge in [-0.3, -0.25) is 9.59 Å². The van der Waals surface area contributed by atoms with Crippen LogP contribution in [0.25, 0.3) is 28.2 Å². The highest BCUT2D eigenvalue weighted by atomic mass is 16.5. The third kappa shape index (κ3) is 4.27. The lowest BCUT2D eigenvalue weighted by atomic mass is 9.81. The SMILES string of the molecule is CN(C)C(=O)c1ccc2c(C3CCCCC3)c3n(c2c1)CC(C(=O)N1CCOCC1)=Cc1ccccc1-3. The van der Waals surface area contributed by atoms with Gasteiger partial charge in [-0.2, -0.15) is 0 Å². The number of benzene rings is 2. The summed E-state index contributed by atoms with van der Waals surface area (Å²) in [5.74, 6) is 0.547. The molecule has 0 unspecified atom stereocenters. The molecule has 2 aliphatic heterocycles. The smallest absolute Gasteiger partial charge is 0.253 e. The van der Waals surface area contributed by atoms with Crippen molar-refractivity contribution in [3.05, 3.63) is 64.7 Å². The zero-order chi connectivity index (χ0) is 25.5. The number of carbonyl (C=O) groups excluding carboxylic acids is 2. The van der Waals surface area contributed by atoms with Crippen LogP contribution < -0.4 is 0 Å². The first-order chi connectivity index (χ1) is 18.0. The topological polar surface area (TPSA) is 54.8 Å². The van der Waals surface area contributed by atoms with Gasteiger partial charge in [0.15, 0.2) is 0 Å². The summed E-state index contributed by atoms with van der Waals surface area (Å²) in [6, 6.07) is 14.6. The minimum atomic E-state index is -0.00847. The van der Waals surface area contributed by atoms with E-state index in [0.717, 1.165) is 16.7 Å². The molecule has 37 heavy (non-hydrogen) atoms. The average Bonchev–Trinajstić information content (AvgIpc) is 3.15. The number of carbonyl (C=O) groups is 2. The van der Waals surface area contributed by atoms with E-state index >= 15 is 0 Å². The number of hydrogen-bond acceptors (Lipinski definition) is 3. The molecule has 0 radical (unpaired) electrons. The second kappa shape index (κ2) is 9.82. The van der Waals surface area contributed by atoms with Crippen LogP contribution in [0.2, 0.25) is 0 Å². The highest BCUT2D eigenvalue weighted by Gasteiger charge is 2.31. The average molecular weight is 498 g/mol. The van der Waals surface area contributed by atoms with Crippen molar-refractivity contribution >= 4 is 28.8 Å². The Morgan fingerprint density at radius 1 is 0.973 bits per heavy atom. The summed E-state index contributed by atoms with van der Waals surface area (Å²) in [5, 5.41) is 1.21. The first-order valence-corrected chi connectivity index (χ1v) is 13.6. The number of fused-ring (bicyclic) bond motifs is 5. The van der Waals surface area contributed by atoms with Crippen LogP contribution in [0.15, 0.2) is 48.0 Å². The predicted molar refractivity (Wildman–Crippen MR) is 147 cm³/mol. The number of nitrogens with zero attached hydrogens (tertiary/aromatic N) is 3. The molecule has 6 nitrogen and oxygen atoms in total. The minimum Gasteiger partial charge on any atom is -0.378 e. The van der Waals surface area contributed by atoms with Crippen LogP contribution in [0.1, 0.15) is 59.5 Å². The minimum absolute atomic E-state index is 0.00847. The maximum atomic E-state index is 13.8. The van der Waals surface area contributed by atoms with Gasteiger partial charge in [-0.1, -0.05) is 49.6 Å². The van der Waals surface area contributed by atoms with Crippen molar-refractivity contribution in [3.8, 4) is 11.3 Å². The molecule has 2 amide bonds. The van der Waals surface area contributed by atoms with Crippen LogP contribution >= 0.6 is 0 Å². The van der Waals surface area contributed by atoms with E-state index in [0.29, 0.717) is 44.3 Å². The Hall–Kier alpha value is -3.38. The monoisotopic (exact) mass is 497 g/mol. The fourth-order valence-electron chi connectivity index (χ4n) is 6.37. The van der Waals surface area contributed by atoms with Crippen molar-refractivity contribution in [2.45, 2.75) is 44.6 Å². The second-order valence-electron chi connectivity index (χ2n) is 10.8. The Kier molecular flexibility index (Phi) is 6.37. The first-order valence-electron chi connectivity index (χ1n) is 13.6. The van der Waals surface area contributed by atoms with Gasteiger partial charge in [-0.15, -0.1) is 0 Å². The Bertz CT molecular complexity index is 1390. The quantitative estimate of drug-likeness (QED) is 0.493. The lowest BCUT2D eigenvalue weighted by Crippen LogP contribution is -2.41. The molecule has 0 spiro atoms. The number of hydrogen-bond donors (Lipinski definition) is 0. The molecule has 1 aromatic heterocycles. The van der Waals surface area contributed by atoms with E-state index in [9.17, 15) is 9.59 Å². The standard InChI is InChI=1S/C31H35N3O3/c1-32(2)30(35)23-12-13-26-27(19-23)34-20-24(31(36)33-14-16-37-17-15-33)18-22-10-6-7-11-25(22)29(34)28(26)21-8-4-3-5-9-21/h6-7,10-13,18-19,21H,3-5,8-9,14-17,20H2,1-2H3. The highest BCUT2D eigenvalue weighted by Crippen LogP contribution is 2.46. The summed E-state index contributed by atoms with van der Waals surface area (Å²) in [6.07, 6.45) is 8.23. The van der Waals surface area contributed by atoms with E-state index in [1.807, 2.05) is 17.0 Å². The fourth-order valence-corrected chi connectivity index (χ4v) is 6.37. The lowest BCUT2D eigenvalue weighted by molar-refractivity contribution is -0.131. The molecular weight excluding hydrogens is 462 g/mol. The number of ether oxygens (including phenoxy) is 1. The summed E-state index contributed by atoms with van der Waals surface area (Å²) in [7, 11) is 3.58. The van der Waals surface area contributed by atoms with Gasteiger partial charge < -0.3 is 19.1 Å². The number of rotatable bonds is 3. The van der Waals surface area contributed by atoms with Crippen molar-refractivity contribution in [1.82, 2.24) is 14.4 Å². The van der Waals surface area contributed by atoms with Crippen molar-refractivity contribution in [2.75, 3.05) is 40.4 Å². The number of amides is 2. The largest absolute Gasteiger partial charge is 0.378 e. The maximum Gasteiger partial charge on any atom is 0.253 e. The van der Waals surface area contributed by atoms with Gasteiger partial charge in [0.05, 0.1) is 25.5 Å². The zero-order valence-corrected chi connectivity index (χ0v) is 21.8. The van der Waals surface area contributed by atoms with E-state index in [-0.39, 0.29) is 11.8 Å². The molecule has 0 atom stereocenters. The molecule has 0 N–H and O–H groups in total. The van der Waals surface area contributed by atoms with Gasteiger partial charge in [0.2, 0.25) is 0 Å². The molecule has 0 bridgehead atoms. The summed E-state index contributed by atoms with van der Waals surface area (Å²) >= 11 is 0. The summed E-state index contributed by atoms with van der Waals surface area (Å²) < 4.78 is 7.82. The van der Waals surface area contributed by atoms with Crippen LogP contribution in [0.4, 0.5) is 0 Å². The number of morpholine rings is 1. The van der Waals surface area contributed by atoms with Gasteiger partial charge in [0, 0.05) is 54.8 Å². The van der Waals surface area contributed by atoms with Crippen LogP contribution in [0, 0.1) is 0 Å². The Morgan fingerprint density at radius 3 is 2.49 bits per heavy atom. The molecule has 6 rings (SSSR count). The lowest BCUT2D eigenvalue weighted by Gasteiger charge is -2.28. The van der Waals surface area contributed by atoms with Crippen molar-refractivity contribution in [2.24, 2.45) is 0 Å². The molecule has 2 fully saturated rings. The maximum absolute atomic E-state index is 13.8. The molecule has 3 aromatic rings. The van der Waals surface area contributed by atoms with E-state index in [1.54, 1.807) is 19.0 Å². The van der Waals surface area contributed by atoms with E-state index in [1.165, 1.54) is 54.3 Å². The van der Waals surface area contributed by atoms with E-state index in [2.05, 4.69) is 41.0 Å². The Labute approximate surface area is 218 Å². The molecule has 192 valence electrons. The molecule has 1 saturated heterocycles. The van der Waals surface area contributed by atoms with Crippen LogP contribution in [0.5, 0.6) is 0 Å². The van der Waals surface area contributed by atoms with Crippen molar-refractivity contribution in [3.63, 3.8) is 0 Å². The van der Waals surface area contributed by atoms with Gasteiger partial charge in [-0.25, -0.2) is 0 Å². The molecular formula is C31H35N3O3. The first kappa shape index (κ1) is 24.0. The third-order valence-corrected chi connectivity index (χ3v) is 8.22. The molecule has 1 aliphatic carbocycles. The van der Waals surface area contributed by atoms with Gasteiger partial charge in [-0.05, 0) is 48.1 Å². The van der Waals surface area contributed by atoms with Gasteiger partial charge >= 0.3 is 0 Å². The molecule has 2 aromatic carbocycles. The van der Waals surface area contributed by atoms with E-state index < -0.39 is 0 Å². The highest BCUT2D eigenvalue weighted by molar-refractivity contribution is 6.04. The predicted octanol–water partition coefficient (Wildman–Crippen LogP) is 5.31. The van der Waals surface area contributed by atoms with Crippen LogP contribution in [-0.4, -0.2) is 66.6 Å². The normalized spacial score (nSPS) is 18.1. The molecule has 3 aliphatic rings. The summed E-state index contributed by atoms with van der Waals surface area (Å²) in [6.45, 7) is 2.88. The van der Waals surface area contributed by atoms with Crippen molar-refractivity contribution < 1.29 is 14.3 Å². The molecule has 1 saturated carbocycles. The van der Waals surface area contributed by atoms with Gasteiger partial charge in [0.1, 0.15) is 0 Å². The van der Waals surface area contributed by atoms with Crippen molar-refractivity contribution in [1.29, 1.82) is 0 Å². The summed E-state index contributed by atoms with van der Waals surface area (Å²) in [5.41, 5.74) is 7.36. The van der Waals surface area contributed by atoms with Crippen LogP contribution in [0.3, 0.4) is 0 Å². The van der Waals surface area contributed by atoms with Crippen LogP contribution in [-0.2, 0) is 16.1 Å². The molecule has 3 heterocycles.